The second-order valence-electron chi connectivity index (χ2n) is 6.47. The number of rotatable bonds is 2. The average molecular weight is 334 g/mol. The maximum atomic E-state index is 12.0. The van der Waals surface area contributed by atoms with Crippen LogP contribution in [0.4, 0.5) is 9.93 Å². The van der Waals surface area contributed by atoms with Crippen LogP contribution in [0.15, 0.2) is 0 Å². The van der Waals surface area contributed by atoms with Crippen molar-refractivity contribution in [3.63, 3.8) is 0 Å². The summed E-state index contributed by atoms with van der Waals surface area (Å²) in [6, 6.07) is 0. The molecule has 0 aliphatic carbocycles. The topological polar surface area (TPSA) is 80.3 Å². The van der Waals surface area contributed by atoms with Gasteiger partial charge >= 0.3 is 6.09 Å². The molecule has 0 saturated heterocycles. The van der Waals surface area contributed by atoms with E-state index in [-0.39, 0.29) is 26.6 Å². The Morgan fingerprint density at radius 1 is 1.19 bits per heavy atom. The second kappa shape index (κ2) is 6.19. The number of anilines is 1. The number of aromatic nitrogens is 1. The molecule has 0 aliphatic heterocycles. The predicted octanol–water partition coefficient (Wildman–Crippen LogP) is 3.67. The Labute approximate surface area is 133 Å². The van der Waals surface area contributed by atoms with Crippen LogP contribution >= 0.6 is 22.9 Å². The van der Waals surface area contributed by atoms with Crippen molar-refractivity contribution in [2.24, 2.45) is 0 Å². The number of nitrogens with one attached hydrogen (secondary N) is 2. The van der Waals surface area contributed by atoms with Crippen molar-refractivity contribution in [2.75, 3.05) is 5.32 Å². The van der Waals surface area contributed by atoms with Crippen LogP contribution in [0.3, 0.4) is 0 Å². The first-order valence-electron chi connectivity index (χ1n) is 6.36. The molecule has 1 rings (SSSR count). The zero-order valence-corrected chi connectivity index (χ0v) is 14.5. The normalized spacial score (nSPS) is 12.0. The molecule has 1 aromatic rings. The summed E-state index contributed by atoms with van der Waals surface area (Å²) in [5.74, 6) is -0.331. The van der Waals surface area contributed by atoms with Crippen LogP contribution < -0.4 is 10.6 Å². The van der Waals surface area contributed by atoms with Gasteiger partial charge in [-0.2, -0.15) is 0 Å². The molecule has 0 spiro atoms. The molecule has 0 aromatic carbocycles. The summed E-state index contributed by atoms with van der Waals surface area (Å²) < 4.78 is 5.10. The summed E-state index contributed by atoms with van der Waals surface area (Å²) in [5, 5.41) is 5.51. The quantitative estimate of drug-likeness (QED) is 0.865. The van der Waals surface area contributed by atoms with E-state index in [1.165, 1.54) is 0 Å². The van der Waals surface area contributed by atoms with E-state index in [1.807, 2.05) is 20.8 Å². The number of ether oxygens (including phenoxy) is 1. The van der Waals surface area contributed by atoms with Gasteiger partial charge in [0.2, 0.25) is 0 Å². The summed E-state index contributed by atoms with van der Waals surface area (Å²) >= 11 is 6.93. The van der Waals surface area contributed by atoms with E-state index in [2.05, 4.69) is 15.6 Å². The predicted molar refractivity (Wildman–Crippen MR) is 84.2 cm³/mol. The minimum atomic E-state index is -0.643. The third-order valence-corrected chi connectivity index (χ3v) is 3.24. The highest BCUT2D eigenvalue weighted by Crippen LogP contribution is 2.27. The van der Waals surface area contributed by atoms with Crippen LogP contribution in [0.25, 0.3) is 0 Å². The summed E-state index contributed by atoms with van der Waals surface area (Å²) in [6.07, 6.45) is -0.643. The lowest BCUT2D eigenvalue weighted by atomic mass is 10.1. The molecule has 0 bridgehead atoms. The molecule has 0 aliphatic rings. The fraction of sp³-hybridized carbons (Fsp3) is 0.615. The molecule has 1 aromatic heterocycles. The largest absolute Gasteiger partial charge is 0.444 e. The van der Waals surface area contributed by atoms with Crippen molar-refractivity contribution in [2.45, 2.75) is 52.7 Å². The van der Waals surface area contributed by atoms with Crippen LogP contribution in [-0.2, 0) is 4.74 Å². The molecule has 0 unspecified atom stereocenters. The van der Waals surface area contributed by atoms with Crippen molar-refractivity contribution in [1.29, 1.82) is 0 Å². The number of hydrogen-bond acceptors (Lipinski definition) is 5. The van der Waals surface area contributed by atoms with Crippen LogP contribution in [0.1, 0.15) is 51.2 Å². The van der Waals surface area contributed by atoms with Gasteiger partial charge in [0.05, 0.1) is 0 Å². The van der Waals surface area contributed by atoms with Gasteiger partial charge in [0.1, 0.15) is 10.5 Å². The number of carbonyl (C=O) groups excluding carboxylic acids is 2. The number of amides is 2. The van der Waals surface area contributed by atoms with Gasteiger partial charge in [0.15, 0.2) is 10.3 Å². The smallest absolute Gasteiger partial charge is 0.413 e. The monoisotopic (exact) mass is 333 g/mol. The van der Waals surface area contributed by atoms with Gasteiger partial charge in [0, 0.05) is 5.54 Å². The first-order chi connectivity index (χ1) is 9.37. The molecule has 0 saturated carbocycles. The van der Waals surface area contributed by atoms with Gasteiger partial charge in [-0.1, -0.05) is 22.9 Å². The van der Waals surface area contributed by atoms with E-state index >= 15 is 0 Å². The van der Waals surface area contributed by atoms with Crippen molar-refractivity contribution >= 4 is 40.1 Å². The van der Waals surface area contributed by atoms with Gasteiger partial charge < -0.3 is 10.1 Å². The Kier molecular flexibility index (Phi) is 5.22. The van der Waals surface area contributed by atoms with Crippen LogP contribution in [-0.4, -0.2) is 28.1 Å². The molecule has 0 fully saturated rings. The van der Waals surface area contributed by atoms with Gasteiger partial charge in [-0.3, -0.25) is 10.1 Å². The van der Waals surface area contributed by atoms with E-state index in [4.69, 9.17) is 16.3 Å². The highest BCUT2D eigenvalue weighted by atomic mass is 35.5. The summed E-state index contributed by atoms with van der Waals surface area (Å²) in [5.41, 5.74) is -0.999. The van der Waals surface area contributed by atoms with Crippen LogP contribution in [0.5, 0.6) is 0 Å². The molecule has 2 amide bonds. The zero-order chi connectivity index (χ0) is 16.4. The highest BCUT2D eigenvalue weighted by Gasteiger charge is 2.23. The lowest BCUT2D eigenvalue weighted by molar-refractivity contribution is 0.0635. The number of halogens is 1. The Hall–Kier alpha value is -1.34. The molecule has 2 N–H and O–H groups in total. The molecule has 0 radical (unpaired) electrons. The molecule has 8 heteroatoms. The highest BCUT2D eigenvalue weighted by molar-refractivity contribution is 7.18. The maximum absolute atomic E-state index is 12.0. The lowest BCUT2D eigenvalue weighted by Crippen LogP contribution is -2.40. The zero-order valence-electron chi connectivity index (χ0n) is 13.0. The van der Waals surface area contributed by atoms with E-state index in [9.17, 15) is 9.59 Å². The van der Waals surface area contributed by atoms with E-state index in [1.54, 1.807) is 20.8 Å². The minimum absolute atomic E-state index is 0.0489. The third kappa shape index (κ3) is 6.31. The molecular weight excluding hydrogens is 314 g/mol. The average Bonchev–Trinajstić information content (AvgIpc) is 2.53. The Morgan fingerprint density at radius 2 is 1.76 bits per heavy atom. The lowest BCUT2D eigenvalue weighted by Gasteiger charge is -2.19. The van der Waals surface area contributed by atoms with Crippen molar-refractivity contribution in [3.8, 4) is 0 Å². The fourth-order valence-electron chi connectivity index (χ4n) is 1.28. The number of nitrogens with zero attached hydrogens (tertiary/aromatic N) is 1. The first-order valence-corrected chi connectivity index (χ1v) is 7.56. The Morgan fingerprint density at radius 3 is 2.24 bits per heavy atom. The van der Waals surface area contributed by atoms with E-state index in [0.717, 1.165) is 11.3 Å². The van der Waals surface area contributed by atoms with Crippen LogP contribution in [0, 0.1) is 0 Å². The fourth-order valence-corrected chi connectivity index (χ4v) is 2.36. The summed E-state index contributed by atoms with van der Waals surface area (Å²) in [7, 11) is 0. The number of thiazole rings is 1. The number of hydrogen-bond donors (Lipinski definition) is 2. The molecule has 118 valence electrons. The van der Waals surface area contributed by atoms with Gasteiger partial charge in [-0.15, -0.1) is 0 Å². The van der Waals surface area contributed by atoms with Crippen molar-refractivity contribution < 1.29 is 14.3 Å². The molecule has 0 atom stereocenters. The standard InChI is InChI=1S/C13H20ClN3O3S/c1-12(2,3)17-9(18)7-8(14)15-10(21-7)16-11(19)20-13(4,5)6/h1-6H3,(H,17,18)(H,15,16,19). The Balaban J connectivity index is 2.79. The van der Waals surface area contributed by atoms with Gasteiger partial charge in [-0.05, 0) is 41.5 Å². The Bertz CT molecular complexity index is 544. The van der Waals surface area contributed by atoms with Crippen LogP contribution in [0.2, 0.25) is 5.15 Å². The second-order valence-corrected chi connectivity index (χ2v) is 7.83. The molecular formula is C13H20ClN3O3S. The maximum Gasteiger partial charge on any atom is 0.413 e. The van der Waals surface area contributed by atoms with Crippen molar-refractivity contribution in [1.82, 2.24) is 10.3 Å². The molecule has 21 heavy (non-hydrogen) atoms. The summed E-state index contributed by atoms with van der Waals surface area (Å²) in [6.45, 7) is 10.8. The third-order valence-electron chi connectivity index (χ3n) is 1.89. The SMILES string of the molecule is CC(C)(C)NC(=O)c1sc(NC(=O)OC(C)(C)C)nc1Cl. The minimum Gasteiger partial charge on any atom is -0.444 e. The first kappa shape index (κ1) is 17.7. The van der Waals surface area contributed by atoms with Crippen molar-refractivity contribution in [3.05, 3.63) is 10.0 Å². The van der Waals surface area contributed by atoms with E-state index in [0.29, 0.717) is 0 Å². The van der Waals surface area contributed by atoms with Gasteiger partial charge in [-0.25, -0.2) is 9.78 Å². The van der Waals surface area contributed by atoms with E-state index < -0.39 is 11.7 Å². The number of carbonyl (C=O) groups is 2. The molecule has 6 nitrogen and oxygen atoms in total. The molecule has 1 heterocycles. The van der Waals surface area contributed by atoms with Gasteiger partial charge in [0.25, 0.3) is 5.91 Å². The summed E-state index contributed by atoms with van der Waals surface area (Å²) in [4.78, 5) is 27.9.